The molecule has 0 aliphatic rings. The van der Waals surface area contributed by atoms with E-state index < -0.39 is 0 Å². The van der Waals surface area contributed by atoms with Crippen LogP contribution in [0.4, 0.5) is 10.3 Å². The molecule has 0 spiro atoms. The maximum absolute atomic E-state index is 12.8. The Labute approximate surface area is 123 Å². The number of fused-ring (bicyclic) bond motifs is 1. The van der Waals surface area contributed by atoms with Gasteiger partial charge in [-0.25, -0.2) is 14.4 Å². The van der Waals surface area contributed by atoms with Gasteiger partial charge in [-0.05, 0) is 29.8 Å². The van der Waals surface area contributed by atoms with Gasteiger partial charge in [-0.1, -0.05) is 23.7 Å². The van der Waals surface area contributed by atoms with Crippen molar-refractivity contribution in [2.24, 2.45) is 0 Å². The highest BCUT2D eigenvalue weighted by atomic mass is 35.5. The van der Waals surface area contributed by atoms with Crippen LogP contribution >= 0.6 is 11.6 Å². The molecule has 3 aromatic rings. The molecule has 3 rings (SSSR count). The van der Waals surface area contributed by atoms with E-state index in [4.69, 9.17) is 11.6 Å². The largest absolute Gasteiger partial charge is 0.352 e. The third kappa shape index (κ3) is 3.00. The van der Waals surface area contributed by atoms with Crippen LogP contribution in [0.5, 0.6) is 0 Å². The number of benzene rings is 1. The molecule has 2 heterocycles. The Morgan fingerprint density at radius 3 is 2.67 bits per heavy atom. The molecule has 21 heavy (non-hydrogen) atoms. The third-order valence-corrected chi connectivity index (χ3v) is 3.10. The standard InChI is InChI=1S/C14H10ClFN4O/c15-11-6-5-10-12(19-11)13(21)20-14(18-10)17-7-8-1-3-9(16)4-2-8/h1-6H,7H2,(H2,17,18,20,21). The summed E-state index contributed by atoms with van der Waals surface area (Å²) in [6, 6.07) is 9.26. The number of halogens is 2. The highest BCUT2D eigenvalue weighted by Gasteiger charge is 2.05. The van der Waals surface area contributed by atoms with Crippen LogP contribution in [0.2, 0.25) is 5.15 Å². The Morgan fingerprint density at radius 2 is 1.90 bits per heavy atom. The number of nitrogens with one attached hydrogen (secondary N) is 2. The summed E-state index contributed by atoms with van der Waals surface area (Å²) in [5, 5.41) is 3.22. The molecule has 0 aliphatic carbocycles. The molecule has 0 atom stereocenters. The molecule has 0 saturated carbocycles. The summed E-state index contributed by atoms with van der Waals surface area (Å²) in [4.78, 5) is 22.7. The van der Waals surface area contributed by atoms with Gasteiger partial charge in [0.1, 0.15) is 11.0 Å². The average molecular weight is 305 g/mol. The summed E-state index contributed by atoms with van der Waals surface area (Å²) in [6.07, 6.45) is 0. The van der Waals surface area contributed by atoms with Crippen molar-refractivity contribution in [3.05, 3.63) is 63.3 Å². The smallest absolute Gasteiger partial charge is 0.278 e. The zero-order valence-corrected chi connectivity index (χ0v) is 11.5. The zero-order chi connectivity index (χ0) is 14.8. The van der Waals surface area contributed by atoms with Crippen molar-refractivity contribution < 1.29 is 4.39 Å². The van der Waals surface area contributed by atoms with E-state index in [1.165, 1.54) is 12.1 Å². The van der Waals surface area contributed by atoms with E-state index in [1.54, 1.807) is 24.3 Å². The molecule has 5 nitrogen and oxygen atoms in total. The van der Waals surface area contributed by atoms with Crippen molar-refractivity contribution in [2.45, 2.75) is 6.54 Å². The SMILES string of the molecule is O=c1[nH]c(NCc2ccc(F)cc2)nc2ccc(Cl)nc12. The lowest BCUT2D eigenvalue weighted by atomic mass is 10.2. The molecule has 1 aromatic carbocycles. The molecule has 0 aliphatic heterocycles. The third-order valence-electron chi connectivity index (χ3n) is 2.89. The van der Waals surface area contributed by atoms with Crippen molar-refractivity contribution in [3.8, 4) is 0 Å². The van der Waals surface area contributed by atoms with Gasteiger partial charge >= 0.3 is 0 Å². The number of rotatable bonds is 3. The second-order valence-corrected chi connectivity index (χ2v) is 4.78. The van der Waals surface area contributed by atoms with E-state index in [-0.39, 0.29) is 22.0 Å². The molecule has 0 fully saturated rings. The van der Waals surface area contributed by atoms with Crippen LogP contribution in [0.3, 0.4) is 0 Å². The van der Waals surface area contributed by atoms with Crippen LogP contribution in [0.1, 0.15) is 5.56 Å². The van der Waals surface area contributed by atoms with Crippen LogP contribution in [0.15, 0.2) is 41.2 Å². The number of pyridine rings is 1. The Balaban J connectivity index is 1.86. The number of hydrogen-bond acceptors (Lipinski definition) is 4. The molecule has 106 valence electrons. The molecular formula is C14H10ClFN4O. The number of H-pyrrole nitrogens is 1. The minimum Gasteiger partial charge on any atom is -0.352 e. The minimum absolute atomic E-state index is 0.190. The molecule has 0 unspecified atom stereocenters. The van der Waals surface area contributed by atoms with Crippen molar-refractivity contribution >= 4 is 28.6 Å². The Morgan fingerprint density at radius 1 is 1.14 bits per heavy atom. The number of anilines is 1. The highest BCUT2D eigenvalue weighted by molar-refractivity contribution is 6.29. The molecule has 0 radical (unpaired) electrons. The number of hydrogen-bond donors (Lipinski definition) is 2. The number of aromatic nitrogens is 3. The second kappa shape index (κ2) is 5.49. The molecular weight excluding hydrogens is 295 g/mol. The van der Waals surface area contributed by atoms with E-state index >= 15 is 0 Å². The second-order valence-electron chi connectivity index (χ2n) is 4.40. The maximum Gasteiger partial charge on any atom is 0.278 e. The lowest BCUT2D eigenvalue weighted by Crippen LogP contribution is -2.14. The molecule has 0 amide bonds. The monoisotopic (exact) mass is 304 g/mol. The fraction of sp³-hybridized carbons (Fsp3) is 0.0714. The molecule has 2 aromatic heterocycles. The van der Waals surface area contributed by atoms with Gasteiger partial charge in [-0.2, -0.15) is 0 Å². The summed E-state index contributed by atoms with van der Waals surface area (Å²) >= 11 is 5.75. The van der Waals surface area contributed by atoms with Crippen molar-refractivity contribution in [3.63, 3.8) is 0 Å². The number of nitrogens with zero attached hydrogens (tertiary/aromatic N) is 2. The molecule has 0 bridgehead atoms. The molecule has 0 saturated heterocycles. The van der Waals surface area contributed by atoms with Crippen molar-refractivity contribution in [2.75, 3.05) is 5.32 Å². The van der Waals surface area contributed by atoms with Gasteiger partial charge < -0.3 is 5.32 Å². The first-order valence-corrected chi connectivity index (χ1v) is 6.54. The lowest BCUT2D eigenvalue weighted by Gasteiger charge is -2.06. The summed E-state index contributed by atoms with van der Waals surface area (Å²) in [7, 11) is 0. The topological polar surface area (TPSA) is 70.7 Å². The van der Waals surface area contributed by atoms with E-state index in [1.807, 2.05) is 0 Å². The van der Waals surface area contributed by atoms with Crippen LogP contribution in [-0.2, 0) is 6.54 Å². The molecule has 7 heteroatoms. The van der Waals surface area contributed by atoms with Gasteiger partial charge in [-0.15, -0.1) is 0 Å². The van der Waals surface area contributed by atoms with E-state index in [0.717, 1.165) is 5.56 Å². The van der Waals surface area contributed by atoms with Crippen LogP contribution in [0, 0.1) is 5.82 Å². The summed E-state index contributed by atoms with van der Waals surface area (Å²) < 4.78 is 12.8. The lowest BCUT2D eigenvalue weighted by molar-refractivity contribution is 0.627. The van der Waals surface area contributed by atoms with Gasteiger partial charge in [0, 0.05) is 6.54 Å². The van der Waals surface area contributed by atoms with Crippen LogP contribution in [-0.4, -0.2) is 15.0 Å². The summed E-state index contributed by atoms with van der Waals surface area (Å²) in [5.74, 6) is 0.0277. The van der Waals surface area contributed by atoms with Crippen molar-refractivity contribution in [1.82, 2.24) is 15.0 Å². The van der Waals surface area contributed by atoms with Gasteiger partial charge in [0.15, 0.2) is 5.52 Å². The van der Waals surface area contributed by atoms with E-state index in [9.17, 15) is 9.18 Å². The Kier molecular flexibility index (Phi) is 3.53. The fourth-order valence-corrected chi connectivity index (χ4v) is 2.02. The van der Waals surface area contributed by atoms with Crippen LogP contribution in [0.25, 0.3) is 11.0 Å². The normalized spacial score (nSPS) is 10.8. The van der Waals surface area contributed by atoms with Gasteiger partial charge in [0.2, 0.25) is 5.95 Å². The maximum atomic E-state index is 12.8. The summed E-state index contributed by atoms with van der Waals surface area (Å²) in [5.41, 5.74) is 1.14. The predicted molar refractivity (Wildman–Crippen MR) is 78.9 cm³/mol. The van der Waals surface area contributed by atoms with Crippen molar-refractivity contribution in [1.29, 1.82) is 0 Å². The van der Waals surface area contributed by atoms with E-state index in [2.05, 4.69) is 20.3 Å². The van der Waals surface area contributed by atoms with Crippen LogP contribution < -0.4 is 10.9 Å². The van der Waals surface area contributed by atoms with Gasteiger partial charge in [-0.3, -0.25) is 9.78 Å². The fourth-order valence-electron chi connectivity index (χ4n) is 1.87. The summed E-state index contributed by atoms with van der Waals surface area (Å²) in [6.45, 7) is 0.412. The van der Waals surface area contributed by atoms with Gasteiger partial charge in [0.25, 0.3) is 5.56 Å². The Bertz CT molecular complexity index is 848. The Hall–Kier alpha value is -2.47. The quantitative estimate of drug-likeness (QED) is 0.730. The first-order valence-electron chi connectivity index (χ1n) is 6.17. The van der Waals surface area contributed by atoms with E-state index in [0.29, 0.717) is 18.0 Å². The predicted octanol–water partition coefficient (Wildman–Crippen LogP) is 2.72. The average Bonchev–Trinajstić information content (AvgIpc) is 2.47. The zero-order valence-electron chi connectivity index (χ0n) is 10.7. The minimum atomic E-state index is -0.371. The highest BCUT2D eigenvalue weighted by Crippen LogP contribution is 2.12. The first kappa shape index (κ1) is 13.5. The first-order chi connectivity index (χ1) is 10.1. The van der Waals surface area contributed by atoms with Gasteiger partial charge in [0.05, 0.1) is 5.52 Å². The number of aromatic amines is 1. The molecule has 2 N–H and O–H groups in total.